The largest absolute Gasteiger partial charge is 0.445 e. The third kappa shape index (κ3) is 5.84. The molecule has 1 saturated heterocycles. The Hall–Kier alpha value is -5.03. The Balaban J connectivity index is 1.32. The second-order valence-electron chi connectivity index (χ2n) is 10.2. The number of nitrogens with one attached hydrogen (secondary N) is 1. The van der Waals surface area contributed by atoms with Crippen LogP contribution in [0, 0.1) is 10.1 Å². The molecule has 0 unspecified atom stereocenters. The minimum absolute atomic E-state index is 0.0176. The van der Waals surface area contributed by atoms with Crippen LogP contribution in [0.15, 0.2) is 115 Å². The molecule has 2 atom stereocenters. The lowest BCUT2D eigenvalue weighted by atomic mass is 9.84. The molecule has 1 aliphatic heterocycles. The number of likely N-dealkylation sites (tertiary alicyclic amines) is 1. The Bertz CT molecular complexity index is 1560. The number of ether oxygens (including phenoxy) is 1. The molecule has 0 bridgehead atoms. The maximum absolute atomic E-state index is 13.5. The van der Waals surface area contributed by atoms with Gasteiger partial charge in [-0.3, -0.25) is 15.0 Å². The standard InChI is InChI=1S/C32H28N6O4S/c39-31(42-22-23-16-18-27(19-17-23)38(40)41)37-21-28(20-29(37)30-33-35-36-34-30)43-32(24-10-4-1-5-11-24,25-12-6-2-7-13-25)26-14-8-3-9-15-26/h1-19,28-29H,20-22H2,(H,33,34,35,36)/t28-,29-/m0/s1. The molecule has 1 fully saturated rings. The number of hydrogen-bond donors (Lipinski definition) is 1. The van der Waals surface area contributed by atoms with E-state index >= 15 is 0 Å². The smallest absolute Gasteiger partial charge is 0.410 e. The van der Waals surface area contributed by atoms with E-state index in [-0.39, 0.29) is 17.5 Å². The Kier molecular flexibility index (Phi) is 8.14. The van der Waals surface area contributed by atoms with Crippen LogP contribution in [0.4, 0.5) is 10.5 Å². The van der Waals surface area contributed by atoms with Crippen LogP contribution in [0.25, 0.3) is 0 Å². The van der Waals surface area contributed by atoms with Crippen molar-refractivity contribution in [2.45, 2.75) is 29.1 Å². The molecular formula is C32H28N6O4S. The van der Waals surface area contributed by atoms with Crippen molar-refractivity contribution in [3.05, 3.63) is 153 Å². The predicted octanol–water partition coefficient (Wildman–Crippen LogP) is 6.29. The molecule has 0 saturated carbocycles. The van der Waals surface area contributed by atoms with Crippen LogP contribution < -0.4 is 0 Å². The first-order valence-corrected chi connectivity index (χ1v) is 14.7. The highest BCUT2D eigenvalue weighted by atomic mass is 32.2. The van der Waals surface area contributed by atoms with Gasteiger partial charge in [-0.25, -0.2) is 4.79 Å². The van der Waals surface area contributed by atoms with Crippen molar-refractivity contribution in [1.82, 2.24) is 25.5 Å². The van der Waals surface area contributed by atoms with E-state index < -0.39 is 21.8 Å². The lowest BCUT2D eigenvalue weighted by molar-refractivity contribution is -0.384. The third-order valence-corrected chi connectivity index (χ3v) is 9.29. The van der Waals surface area contributed by atoms with Crippen LogP contribution in [-0.4, -0.2) is 48.3 Å². The van der Waals surface area contributed by atoms with Gasteiger partial charge in [0.2, 0.25) is 0 Å². The average molecular weight is 593 g/mol. The van der Waals surface area contributed by atoms with Gasteiger partial charge in [-0.05, 0) is 40.8 Å². The summed E-state index contributed by atoms with van der Waals surface area (Å²) in [7, 11) is 0. The zero-order chi connectivity index (χ0) is 29.6. The Morgan fingerprint density at radius 2 is 1.47 bits per heavy atom. The van der Waals surface area contributed by atoms with Crippen LogP contribution in [-0.2, 0) is 16.1 Å². The molecule has 0 radical (unpaired) electrons. The molecule has 1 N–H and O–H groups in total. The molecule has 1 amide bonds. The average Bonchev–Trinajstić information content (AvgIpc) is 3.75. The summed E-state index contributed by atoms with van der Waals surface area (Å²) < 4.78 is 5.13. The van der Waals surface area contributed by atoms with Crippen molar-refractivity contribution in [2.75, 3.05) is 6.54 Å². The SMILES string of the molecule is O=C(OCc1ccc([N+](=O)[O-])cc1)N1C[C@@H](SC(c2ccccc2)(c2ccccc2)c2ccccc2)C[C@H]1c1nn[nH]n1. The quantitative estimate of drug-likeness (QED) is 0.120. The van der Waals surface area contributed by atoms with Gasteiger partial charge in [0.15, 0.2) is 5.82 Å². The summed E-state index contributed by atoms with van der Waals surface area (Å²) in [6, 6.07) is 36.7. The van der Waals surface area contributed by atoms with Gasteiger partial charge in [0, 0.05) is 23.9 Å². The molecule has 1 aromatic heterocycles. The van der Waals surface area contributed by atoms with Gasteiger partial charge in [-0.1, -0.05) is 96.2 Å². The number of hydrogen-bond acceptors (Lipinski definition) is 8. The molecule has 0 spiro atoms. The van der Waals surface area contributed by atoms with Crippen LogP contribution in [0.5, 0.6) is 0 Å². The van der Waals surface area contributed by atoms with E-state index in [4.69, 9.17) is 4.74 Å². The van der Waals surface area contributed by atoms with Crippen LogP contribution in [0.3, 0.4) is 0 Å². The number of nitro benzene ring substituents is 1. The summed E-state index contributed by atoms with van der Waals surface area (Å²) in [5.41, 5.74) is 4.02. The zero-order valence-electron chi connectivity index (χ0n) is 23.0. The highest BCUT2D eigenvalue weighted by Gasteiger charge is 2.46. The van der Waals surface area contributed by atoms with Gasteiger partial charge in [-0.15, -0.1) is 22.0 Å². The number of carbonyl (C=O) groups excluding carboxylic acids is 1. The molecule has 6 rings (SSSR count). The first kappa shape index (κ1) is 28.1. The molecule has 0 aliphatic carbocycles. The van der Waals surface area contributed by atoms with Gasteiger partial charge in [0.1, 0.15) is 12.6 Å². The predicted molar refractivity (Wildman–Crippen MR) is 162 cm³/mol. The van der Waals surface area contributed by atoms with Crippen molar-refractivity contribution < 1.29 is 14.5 Å². The number of rotatable bonds is 9. The molecule has 10 nitrogen and oxygen atoms in total. The summed E-state index contributed by atoms with van der Waals surface area (Å²) in [5.74, 6) is 0.417. The fraction of sp³-hybridized carbons (Fsp3) is 0.188. The van der Waals surface area contributed by atoms with Gasteiger partial charge in [0.05, 0.1) is 9.67 Å². The highest BCUT2D eigenvalue weighted by molar-refractivity contribution is 8.01. The van der Waals surface area contributed by atoms with Crippen molar-refractivity contribution in [3.63, 3.8) is 0 Å². The van der Waals surface area contributed by atoms with Crippen molar-refractivity contribution in [3.8, 4) is 0 Å². The van der Waals surface area contributed by atoms with E-state index in [1.165, 1.54) is 12.1 Å². The van der Waals surface area contributed by atoms with Gasteiger partial charge in [-0.2, -0.15) is 5.21 Å². The maximum atomic E-state index is 13.5. The number of carbonyl (C=O) groups is 1. The van der Waals surface area contributed by atoms with Gasteiger partial charge < -0.3 is 4.74 Å². The molecule has 4 aromatic carbocycles. The number of non-ortho nitro benzene ring substituents is 1. The molecule has 11 heteroatoms. The summed E-state index contributed by atoms with van der Waals surface area (Å²) in [4.78, 5) is 25.7. The summed E-state index contributed by atoms with van der Waals surface area (Å²) in [6.07, 6.45) is 0.0754. The van der Waals surface area contributed by atoms with Gasteiger partial charge >= 0.3 is 6.09 Å². The summed E-state index contributed by atoms with van der Waals surface area (Å²) in [6.45, 7) is 0.378. The fourth-order valence-corrected chi connectivity index (χ4v) is 7.38. The first-order valence-electron chi connectivity index (χ1n) is 13.8. The second kappa shape index (κ2) is 12.5. The Morgan fingerprint density at radius 3 is 1.95 bits per heavy atom. The first-order chi connectivity index (χ1) is 21.0. The van der Waals surface area contributed by atoms with E-state index in [1.54, 1.807) is 28.8 Å². The van der Waals surface area contributed by atoms with E-state index in [1.807, 2.05) is 18.2 Å². The van der Waals surface area contributed by atoms with E-state index in [0.29, 0.717) is 24.4 Å². The second-order valence-corrected chi connectivity index (χ2v) is 11.7. The Labute approximate surface area is 252 Å². The monoisotopic (exact) mass is 592 g/mol. The number of amides is 1. The number of tetrazole rings is 1. The normalized spacial score (nSPS) is 16.6. The van der Waals surface area contributed by atoms with Crippen LogP contribution in [0.2, 0.25) is 0 Å². The molecular weight excluding hydrogens is 564 g/mol. The molecule has 2 heterocycles. The van der Waals surface area contributed by atoms with Gasteiger partial charge in [0.25, 0.3) is 5.69 Å². The highest BCUT2D eigenvalue weighted by Crippen LogP contribution is 2.53. The summed E-state index contributed by atoms with van der Waals surface area (Å²) >= 11 is 1.80. The molecule has 43 heavy (non-hydrogen) atoms. The minimum atomic E-state index is -0.561. The fourth-order valence-electron chi connectivity index (χ4n) is 5.55. The number of nitro groups is 1. The number of aromatic nitrogens is 4. The van der Waals surface area contributed by atoms with Crippen molar-refractivity contribution in [2.24, 2.45) is 0 Å². The number of thioether (sulfide) groups is 1. The minimum Gasteiger partial charge on any atom is -0.445 e. The lowest BCUT2D eigenvalue weighted by Gasteiger charge is -2.37. The zero-order valence-corrected chi connectivity index (χ0v) is 23.8. The van der Waals surface area contributed by atoms with E-state index in [2.05, 4.69) is 93.4 Å². The lowest BCUT2D eigenvalue weighted by Crippen LogP contribution is -2.33. The van der Waals surface area contributed by atoms with Crippen molar-refractivity contribution >= 4 is 23.5 Å². The topological polar surface area (TPSA) is 127 Å². The number of aromatic amines is 1. The Morgan fingerprint density at radius 1 is 0.907 bits per heavy atom. The molecule has 1 aliphatic rings. The number of H-pyrrole nitrogens is 1. The number of benzene rings is 4. The van der Waals surface area contributed by atoms with E-state index in [9.17, 15) is 14.9 Å². The van der Waals surface area contributed by atoms with E-state index in [0.717, 1.165) is 16.7 Å². The van der Waals surface area contributed by atoms with Crippen molar-refractivity contribution in [1.29, 1.82) is 0 Å². The van der Waals surface area contributed by atoms with Crippen LogP contribution in [0.1, 0.15) is 40.5 Å². The summed E-state index contributed by atoms with van der Waals surface area (Å²) in [5, 5.41) is 25.6. The third-order valence-electron chi connectivity index (χ3n) is 7.55. The molecule has 5 aromatic rings. The number of nitrogens with zero attached hydrogens (tertiary/aromatic N) is 5. The molecule has 216 valence electrons. The maximum Gasteiger partial charge on any atom is 0.410 e. The van der Waals surface area contributed by atoms with Crippen LogP contribution >= 0.6 is 11.8 Å².